The van der Waals surface area contributed by atoms with Crippen LogP contribution in [-0.2, 0) is 11.2 Å². The molecule has 1 N–H and O–H groups in total. The molecule has 0 spiro atoms. The fourth-order valence-corrected chi connectivity index (χ4v) is 3.58. The summed E-state index contributed by atoms with van der Waals surface area (Å²) in [7, 11) is 0. The average molecular weight is 331 g/mol. The van der Waals surface area contributed by atoms with E-state index in [1.807, 2.05) is 33.8 Å². The highest BCUT2D eigenvalue weighted by Crippen LogP contribution is 2.46. The predicted molar refractivity (Wildman–Crippen MR) is 76.6 cm³/mol. The molecule has 0 aliphatic carbocycles. The third-order valence-corrected chi connectivity index (χ3v) is 4.25. The van der Waals surface area contributed by atoms with E-state index in [9.17, 15) is 9.50 Å². The van der Waals surface area contributed by atoms with E-state index in [-0.39, 0.29) is 11.4 Å². The minimum atomic E-state index is -0.996. The van der Waals surface area contributed by atoms with Crippen LogP contribution in [0.25, 0.3) is 0 Å². The lowest BCUT2D eigenvalue weighted by Crippen LogP contribution is -2.48. The summed E-state index contributed by atoms with van der Waals surface area (Å²) in [5.41, 5.74) is -1.26. The Balaban J connectivity index is 2.31. The van der Waals surface area contributed by atoms with Gasteiger partial charge < -0.3 is 9.84 Å². The molecule has 0 aromatic heterocycles. The minimum absolute atomic E-state index is 0.302. The maximum absolute atomic E-state index is 13.4. The van der Waals surface area contributed by atoms with Crippen LogP contribution in [-0.4, -0.2) is 21.9 Å². The van der Waals surface area contributed by atoms with Crippen LogP contribution in [0.4, 0.5) is 4.39 Å². The van der Waals surface area contributed by atoms with Gasteiger partial charge in [0, 0.05) is 17.3 Å². The highest BCUT2D eigenvalue weighted by atomic mass is 79.9. The summed E-state index contributed by atoms with van der Waals surface area (Å²) in [5, 5.41) is 10.9. The number of hydrogen-bond acceptors (Lipinski definition) is 2. The quantitative estimate of drug-likeness (QED) is 0.892. The third kappa shape index (κ3) is 3.01. The molecule has 1 aromatic carbocycles. The second-order valence-corrected chi connectivity index (χ2v) is 7.45. The third-order valence-electron chi connectivity index (χ3n) is 3.79. The molecule has 0 bridgehead atoms. The second kappa shape index (κ2) is 4.54. The summed E-state index contributed by atoms with van der Waals surface area (Å²) >= 11 is 3.28. The lowest BCUT2D eigenvalue weighted by atomic mass is 9.78. The van der Waals surface area contributed by atoms with Crippen LogP contribution >= 0.6 is 15.9 Å². The van der Waals surface area contributed by atoms with Crippen LogP contribution in [0.5, 0.6) is 0 Å². The van der Waals surface area contributed by atoms with Gasteiger partial charge in [0.25, 0.3) is 0 Å². The van der Waals surface area contributed by atoms with Crippen molar-refractivity contribution in [1.29, 1.82) is 0 Å². The molecule has 1 saturated heterocycles. The number of aliphatic hydroxyl groups is 1. The molecule has 1 aromatic rings. The van der Waals surface area contributed by atoms with Crippen molar-refractivity contribution in [3.05, 3.63) is 34.1 Å². The summed E-state index contributed by atoms with van der Waals surface area (Å²) in [6.07, 6.45) is 0.904. The molecule has 1 heterocycles. The maximum Gasteiger partial charge on any atom is 0.124 e. The van der Waals surface area contributed by atoms with Gasteiger partial charge in [0.15, 0.2) is 0 Å². The van der Waals surface area contributed by atoms with Crippen molar-refractivity contribution >= 4 is 15.9 Å². The van der Waals surface area contributed by atoms with Crippen molar-refractivity contribution in [2.75, 3.05) is 0 Å². The Bertz CT molecular complexity index is 479. The first-order chi connectivity index (χ1) is 8.53. The first-order valence-electron chi connectivity index (χ1n) is 6.41. The molecule has 1 aliphatic heterocycles. The predicted octanol–water partition coefficient (Wildman–Crippen LogP) is 3.84. The molecule has 0 radical (unpaired) electrons. The average Bonchev–Trinajstić information content (AvgIpc) is 2.26. The van der Waals surface area contributed by atoms with E-state index in [2.05, 4.69) is 15.9 Å². The van der Waals surface area contributed by atoms with Crippen molar-refractivity contribution in [2.45, 2.75) is 57.3 Å². The summed E-state index contributed by atoms with van der Waals surface area (Å²) in [6.45, 7) is 7.70. The molecule has 2 rings (SSSR count). The fourth-order valence-electron chi connectivity index (χ4n) is 3.07. The fraction of sp³-hybridized carbons (Fsp3) is 0.600. The van der Waals surface area contributed by atoms with E-state index < -0.39 is 11.2 Å². The van der Waals surface area contributed by atoms with E-state index in [1.54, 1.807) is 0 Å². The van der Waals surface area contributed by atoms with Crippen molar-refractivity contribution in [3.8, 4) is 0 Å². The zero-order chi connectivity index (χ0) is 14.5. The smallest absolute Gasteiger partial charge is 0.124 e. The molecular weight excluding hydrogens is 311 g/mol. The Hall–Kier alpha value is -0.450. The zero-order valence-electron chi connectivity index (χ0n) is 11.8. The van der Waals surface area contributed by atoms with Crippen molar-refractivity contribution in [2.24, 2.45) is 0 Å². The lowest BCUT2D eigenvalue weighted by molar-refractivity contribution is -0.125. The Morgan fingerprint density at radius 3 is 2.37 bits per heavy atom. The van der Waals surface area contributed by atoms with Crippen LogP contribution < -0.4 is 0 Å². The number of rotatable bonds is 2. The Kier molecular flexibility index (Phi) is 3.57. The number of halogens is 2. The van der Waals surface area contributed by atoms with Gasteiger partial charge in [0.2, 0.25) is 0 Å². The second-order valence-electron chi connectivity index (χ2n) is 6.53. The molecular formula is C15H20BrFO2. The van der Waals surface area contributed by atoms with Gasteiger partial charge in [0.05, 0.1) is 16.8 Å². The van der Waals surface area contributed by atoms with E-state index >= 15 is 0 Å². The Labute approximate surface area is 122 Å². The number of benzene rings is 1. The summed E-state index contributed by atoms with van der Waals surface area (Å²) < 4.78 is 20.0. The van der Waals surface area contributed by atoms with Crippen molar-refractivity contribution < 1.29 is 14.2 Å². The molecule has 4 heteroatoms. The normalized spacial score (nSPS) is 28.6. The number of hydrogen-bond donors (Lipinski definition) is 1. The van der Waals surface area contributed by atoms with Crippen LogP contribution in [0, 0.1) is 5.82 Å². The van der Waals surface area contributed by atoms with Gasteiger partial charge in [-0.1, -0.05) is 15.9 Å². The monoisotopic (exact) mass is 330 g/mol. The molecule has 1 atom stereocenters. The SMILES string of the molecule is CC1(C)CC(O)(Cc2cc(F)cc(Br)c2)C(C)(C)O1. The molecule has 0 saturated carbocycles. The maximum atomic E-state index is 13.4. The molecule has 1 fully saturated rings. The highest BCUT2D eigenvalue weighted by molar-refractivity contribution is 9.10. The van der Waals surface area contributed by atoms with Crippen LogP contribution in [0.15, 0.2) is 22.7 Å². The van der Waals surface area contributed by atoms with Gasteiger partial charge in [-0.3, -0.25) is 0 Å². The van der Waals surface area contributed by atoms with E-state index in [4.69, 9.17) is 4.74 Å². The van der Waals surface area contributed by atoms with Crippen molar-refractivity contribution in [3.63, 3.8) is 0 Å². The first-order valence-corrected chi connectivity index (χ1v) is 7.20. The zero-order valence-corrected chi connectivity index (χ0v) is 13.3. The van der Waals surface area contributed by atoms with E-state index in [0.29, 0.717) is 17.3 Å². The molecule has 106 valence electrons. The number of ether oxygens (including phenoxy) is 1. The standard InChI is InChI=1S/C15H20BrFO2/c1-13(2)9-15(18,14(3,4)19-13)8-10-5-11(16)7-12(17)6-10/h5-7,18H,8-9H2,1-4H3. The van der Waals surface area contributed by atoms with Gasteiger partial charge in [0.1, 0.15) is 5.82 Å². The van der Waals surface area contributed by atoms with Gasteiger partial charge in [-0.15, -0.1) is 0 Å². The van der Waals surface area contributed by atoms with Gasteiger partial charge in [-0.25, -0.2) is 4.39 Å². The molecule has 19 heavy (non-hydrogen) atoms. The van der Waals surface area contributed by atoms with Gasteiger partial charge in [-0.2, -0.15) is 0 Å². The molecule has 1 unspecified atom stereocenters. The molecule has 1 aliphatic rings. The first kappa shape index (κ1) is 14.9. The Morgan fingerprint density at radius 1 is 1.26 bits per heavy atom. The lowest BCUT2D eigenvalue weighted by Gasteiger charge is -2.35. The van der Waals surface area contributed by atoms with Gasteiger partial charge in [-0.05, 0) is 51.5 Å². The molecule has 0 amide bonds. The topological polar surface area (TPSA) is 29.5 Å². The summed E-state index contributed by atoms with van der Waals surface area (Å²) in [4.78, 5) is 0. The van der Waals surface area contributed by atoms with Gasteiger partial charge >= 0.3 is 0 Å². The summed E-state index contributed by atoms with van der Waals surface area (Å²) in [5.74, 6) is -0.302. The van der Waals surface area contributed by atoms with Crippen LogP contribution in [0.2, 0.25) is 0 Å². The Morgan fingerprint density at radius 2 is 1.89 bits per heavy atom. The van der Waals surface area contributed by atoms with E-state index in [0.717, 1.165) is 5.56 Å². The van der Waals surface area contributed by atoms with E-state index in [1.165, 1.54) is 12.1 Å². The highest BCUT2D eigenvalue weighted by Gasteiger charge is 2.56. The van der Waals surface area contributed by atoms with Crippen LogP contribution in [0.3, 0.4) is 0 Å². The van der Waals surface area contributed by atoms with Crippen molar-refractivity contribution in [1.82, 2.24) is 0 Å². The summed E-state index contributed by atoms with van der Waals surface area (Å²) in [6, 6.07) is 4.71. The largest absolute Gasteiger partial charge is 0.386 e. The molecule has 2 nitrogen and oxygen atoms in total. The van der Waals surface area contributed by atoms with Crippen LogP contribution in [0.1, 0.15) is 39.7 Å². The minimum Gasteiger partial charge on any atom is -0.386 e.